The molecule has 0 fully saturated rings. The average Bonchev–Trinajstić information content (AvgIpc) is 3.54. The highest BCUT2D eigenvalue weighted by atomic mass is 14.9. The molecule has 7 aromatic rings. The summed E-state index contributed by atoms with van der Waals surface area (Å²) in [6, 6.07) is 44.6. The summed E-state index contributed by atoms with van der Waals surface area (Å²) in [5, 5.41) is 0. The van der Waals surface area contributed by atoms with Gasteiger partial charge in [0.15, 0.2) is 5.82 Å². The van der Waals surface area contributed by atoms with Crippen molar-refractivity contribution in [1.82, 2.24) is 15.0 Å². The van der Waals surface area contributed by atoms with E-state index in [-0.39, 0.29) is 10.8 Å². The van der Waals surface area contributed by atoms with Gasteiger partial charge >= 0.3 is 0 Å². The monoisotopic (exact) mass is 659 g/mol. The van der Waals surface area contributed by atoms with E-state index in [0.29, 0.717) is 11.7 Å². The van der Waals surface area contributed by atoms with Gasteiger partial charge in [-0.25, -0.2) is 9.97 Å². The van der Waals surface area contributed by atoms with Gasteiger partial charge in [0.1, 0.15) is 0 Å². The Morgan fingerprint density at radius 2 is 1.10 bits per heavy atom. The Morgan fingerprint density at radius 1 is 0.471 bits per heavy atom. The highest BCUT2D eigenvalue weighted by molar-refractivity contribution is 5.87. The van der Waals surface area contributed by atoms with Crippen molar-refractivity contribution in [3.05, 3.63) is 162 Å². The van der Waals surface area contributed by atoms with Gasteiger partial charge in [-0.3, -0.25) is 4.98 Å². The molecule has 0 spiro atoms. The Kier molecular flexibility index (Phi) is 7.02. The largest absolute Gasteiger partial charge is 0.264 e. The molecular weight excluding hydrogens is 619 g/mol. The summed E-state index contributed by atoms with van der Waals surface area (Å²) in [5.41, 5.74) is 19.2. The average molecular weight is 660 g/mol. The van der Waals surface area contributed by atoms with Gasteiger partial charge in [0.25, 0.3) is 0 Å². The molecule has 0 unspecified atom stereocenters. The molecule has 3 heteroatoms. The number of pyridine rings is 1. The summed E-state index contributed by atoms with van der Waals surface area (Å²) in [6.07, 6.45) is 3.63. The maximum Gasteiger partial charge on any atom is 0.161 e. The Hall–Kier alpha value is -5.67. The first-order valence-electron chi connectivity index (χ1n) is 18.0. The Morgan fingerprint density at radius 3 is 1.78 bits per heavy atom. The van der Waals surface area contributed by atoms with Gasteiger partial charge in [-0.05, 0) is 79.8 Å². The third-order valence-corrected chi connectivity index (χ3v) is 11.4. The third kappa shape index (κ3) is 4.90. The Bertz CT molecular complexity index is 2470. The van der Waals surface area contributed by atoms with E-state index in [1.54, 1.807) is 6.20 Å². The predicted octanol–water partition coefficient (Wildman–Crippen LogP) is 12.3. The van der Waals surface area contributed by atoms with Crippen molar-refractivity contribution in [3.8, 4) is 67.3 Å². The van der Waals surface area contributed by atoms with Crippen LogP contribution in [0.3, 0.4) is 0 Å². The number of rotatable bonds is 5. The number of nitrogens with zero attached hydrogens (tertiary/aromatic N) is 3. The minimum Gasteiger partial charge on any atom is -0.264 e. The van der Waals surface area contributed by atoms with Gasteiger partial charge in [-0.1, -0.05) is 145 Å². The number of aromatic nitrogens is 3. The molecule has 2 aliphatic carbocycles. The van der Waals surface area contributed by atoms with Gasteiger partial charge in [-0.2, -0.15) is 0 Å². The minimum absolute atomic E-state index is 0.0293. The molecule has 0 saturated heterocycles. The first-order valence-corrected chi connectivity index (χ1v) is 18.0. The molecule has 3 nitrogen and oxygen atoms in total. The fourth-order valence-corrected chi connectivity index (χ4v) is 8.44. The predicted molar refractivity (Wildman–Crippen MR) is 211 cm³/mol. The zero-order chi connectivity index (χ0) is 35.1. The van der Waals surface area contributed by atoms with E-state index in [1.165, 1.54) is 66.8 Å². The second-order valence-corrected chi connectivity index (χ2v) is 15.5. The van der Waals surface area contributed by atoms with Crippen LogP contribution in [-0.2, 0) is 10.8 Å². The van der Waals surface area contributed by atoms with Crippen molar-refractivity contribution in [2.45, 2.75) is 58.3 Å². The van der Waals surface area contributed by atoms with Crippen LogP contribution in [0.4, 0.5) is 0 Å². The molecule has 2 aliphatic rings. The molecular formula is C48H41N3. The van der Waals surface area contributed by atoms with Crippen LogP contribution in [0, 0.1) is 0 Å². The van der Waals surface area contributed by atoms with E-state index >= 15 is 0 Å². The summed E-state index contributed by atoms with van der Waals surface area (Å²) < 4.78 is 0. The van der Waals surface area contributed by atoms with Gasteiger partial charge in [0.2, 0.25) is 0 Å². The smallest absolute Gasteiger partial charge is 0.161 e. The van der Waals surface area contributed by atoms with Crippen molar-refractivity contribution in [2.24, 2.45) is 0 Å². The first kappa shape index (κ1) is 31.3. The maximum atomic E-state index is 5.22. The summed E-state index contributed by atoms with van der Waals surface area (Å²) in [5.74, 6) is 1.21. The topological polar surface area (TPSA) is 38.7 Å². The molecule has 248 valence electrons. The van der Waals surface area contributed by atoms with E-state index in [1.807, 2.05) is 18.3 Å². The molecule has 51 heavy (non-hydrogen) atoms. The van der Waals surface area contributed by atoms with Crippen molar-refractivity contribution in [3.63, 3.8) is 0 Å². The standard InChI is InChI=1S/C48H41N3/c1-29(2)34-22-24-41-39(26-34)37-23-21-35(27-42(37)47(41,3)4)32-15-13-30(14-16-32)31-17-19-33(20-18-31)44-43-45(38-11-7-8-12-40(38)48(43,5)6)51-46(50-44)36-10-9-25-49-28-36/h7-29H,1-6H3. The molecule has 0 aliphatic heterocycles. The van der Waals surface area contributed by atoms with Crippen LogP contribution < -0.4 is 0 Å². The van der Waals surface area contributed by atoms with E-state index in [4.69, 9.17) is 9.97 Å². The highest BCUT2D eigenvalue weighted by Crippen LogP contribution is 2.52. The first-order chi connectivity index (χ1) is 24.6. The molecule has 0 amide bonds. The molecule has 0 saturated carbocycles. The van der Waals surface area contributed by atoms with Gasteiger partial charge in [-0.15, -0.1) is 0 Å². The maximum absolute atomic E-state index is 5.22. The Balaban J connectivity index is 1.05. The number of benzene rings is 5. The minimum atomic E-state index is -0.226. The fourth-order valence-electron chi connectivity index (χ4n) is 8.44. The molecule has 0 radical (unpaired) electrons. The number of hydrogen-bond donors (Lipinski definition) is 0. The van der Waals surface area contributed by atoms with Gasteiger partial charge < -0.3 is 0 Å². The summed E-state index contributed by atoms with van der Waals surface area (Å²) >= 11 is 0. The SMILES string of the molecule is CC(C)c1ccc2c(c1)-c1ccc(-c3ccc(-c4ccc(-c5nc(-c6cccnc6)nc6c5C(C)(C)c5ccccc5-6)cc4)cc3)cc1C2(C)C. The van der Waals surface area contributed by atoms with Crippen LogP contribution >= 0.6 is 0 Å². The number of fused-ring (bicyclic) bond motifs is 6. The fraction of sp³-hybridized carbons (Fsp3) is 0.188. The lowest BCUT2D eigenvalue weighted by Crippen LogP contribution is -2.17. The zero-order valence-electron chi connectivity index (χ0n) is 30.1. The molecule has 2 heterocycles. The zero-order valence-corrected chi connectivity index (χ0v) is 30.1. The normalized spacial score (nSPS) is 14.6. The van der Waals surface area contributed by atoms with Crippen molar-refractivity contribution < 1.29 is 0 Å². The number of hydrogen-bond acceptors (Lipinski definition) is 3. The van der Waals surface area contributed by atoms with Crippen LogP contribution in [0.25, 0.3) is 67.3 Å². The van der Waals surface area contributed by atoms with Crippen molar-refractivity contribution in [2.75, 3.05) is 0 Å². The second kappa shape index (κ2) is 11.4. The van der Waals surface area contributed by atoms with Crippen LogP contribution in [0.5, 0.6) is 0 Å². The second-order valence-electron chi connectivity index (χ2n) is 15.5. The van der Waals surface area contributed by atoms with Crippen molar-refractivity contribution >= 4 is 0 Å². The van der Waals surface area contributed by atoms with E-state index in [0.717, 1.165) is 22.5 Å². The third-order valence-electron chi connectivity index (χ3n) is 11.4. The van der Waals surface area contributed by atoms with Crippen molar-refractivity contribution in [1.29, 1.82) is 0 Å². The van der Waals surface area contributed by atoms with Gasteiger partial charge in [0, 0.05) is 45.5 Å². The Labute approximate surface area is 301 Å². The lowest BCUT2D eigenvalue weighted by molar-refractivity contribution is 0.658. The van der Waals surface area contributed by atoms with E-state index in [2.05, 4.69) is 156 Å². The molecule has 0 N–H and O–H groups in total. The van der Waals surface area contributed by atoms with Crippen LogP contribution in [-0.4, -0.2) is 15.0 Å². The summed E-state index contributed by atoms with van der Waals surface area (Å²) in [4.78, 5) is 14.7. The molecule has 2 aromatic heterocycles. The quantitative estimate of drug-likeness (QED) is 0.185. The molecule has 0 bridgehead atoms. The lowest BCUT2D eigenvalue weighted by atomic mass is 9.80. The van der Waals surface area contributed by atoms with Crippen LogP contribution in [0.15, 0.2) is 134 Å². The molecule has 9 rings (SSSR count). The highest BCUT2D eigenvalue weighted by Gasteiger charge is 2.40. The molecule has 0 atom stereocenters. The summed E-state index contributed by atoms with van der Waals surface area (Å²) in [6.45, 7) is 13.8. The summed E-state index contributed by atoms with van der Waals surface area (Å²) in [7, 11) is 0. The lowest BCUT2D eigenvalue weighted by Gasteiger charge is -2.23. The van der Waals surface area contributed by atoms with Gasteiger partial charge in [0.05, 0.1) is 11.4 Å². The van der Waals surface area contributed by atoms with Crippen LogP contribution in [0.2, 0.25) is 0 Å². The van der Waals surface area contributed by atoms with Crippen LogP contribution in [0.1, 0.15) is 75.3 Å². The molecule has 5 aromatic carbocycles. The van der Waals surface area contributed by atoms with E-state index < -0.39 is 0 Å². The van der Waals surface area contributed by atoms with E-state index in [9.17, 15) is 0 Å².